The minimum Gasteiger partial charge on any atom is -0.492 e. The predicted octanol–water partition coefficient (Wildman–Crippen LogP) is 3.78. The lowest BCUT2D eigenvalue weighted by atomic mass is 10.0. The molecule has 1 aliphatic rings. The number of aromatic nitrogens is 3. The van der Waals surface area contributed by atoms with Gasteiger partial charge < -0.3 is 5.11 Å². The fourth-order valence-electron chi connectivity index (χ4n) is 3.24. The summed E-state index contributed by atoms with van der Waals surface area (Å²) in [5.74, 6) is 0.265. The summed E-state index contributed by atoms with van der Waals surface area (Å²) < 4.78 is 15.0. The molecule has 126 valence electrons. The Morgan fingerprint density at radius 1 is 1.33 bits per heavy atom. The molecular weight excluding hydrogens is 351 g/mol. The van der Waals surface area contributed by atoms with Crippen molar-refractivity contribution in [3.8, 4) is 5.88 Å². The van der Waals surface area contributed by atoms with Crippen LogP contribution < -0.4 is 0 Å². The van der Waals surface area contributed by atoms with Crippen LogP contribution >= 0.6 is 22.9 Å². The maximum atomic E-state index is 13.6. The summed E-state index contributed by atoms with van der Waals surface area (Å²) in [6, 6.07) is 4.56. The molecule has 3 aromatic rings. The molecule has 0 amide bonds. The lowest BCUT2D eigenvalue weighted by molar-refractivity contribution is 0.277. The minimum atomic E-state index is -0.442. The SMILES string of the molecule is Cc1nc2sc([C@@H](c3ccc(F)c(Cl)c3)N3CCCC3)c(O)n2n1. The Bertz CT molecular complexity index is 903. The lowest BCUT2D eigenvalue weighted by Crippen LogP contribution is -2.26. The monoisotopic (exact) mass is 366 g/mol. The fraction of sp³-hybridized carbons (Fsp3) is 0.375. The molecule has 8 heteroatoms. The van der Waals surface area contributed by atoms with E-state index >= 15 is 0 Å². The number of aryl methyl sites for hydroxylation is 1. The molecule has 0 radical (unpaired) electrons. The topological polar surface area (TPSA) is 53.7 Å². The molecule has 0 aliphatic carbocycles. The van der Waals surface area contributed by atoms with Crippen molar-refractivity contribution in [2.75, 3.05) is 13.1 Å². The second-order valence-corrected chi connectivity index (χ2v) is 7.38. The van der Waals surface area contributed by atoms with Crippen LogP contribution in [0.15, 0.2) is 18.2 Å². The van der Waals surface area contributed by atoms with E-state index in [1.54, 1.807) is 19.1 Å². The Morgan fingerprint density at radius 2 is 2.08 bits per heavy atom. The van der Waals surface area contributed by atoms with Crippen LogP contribution in [0, 0.1) is 12.7 Å². The second-order valence-electron chi connectivity index (χ2n) is 5.96. The van der Waals surface area contributed by atoms with Crippen molar-refractivity contribution in [2.24, 2.45) is 0 Å². The molecule has 0 spiro atoms. The van der Waals surface area contributed by atoms with Crippen molar-refractivity contribution in [1.29, 1.82) is 0 Å². The van der Waals surface area contributed by atoms with Gasteiger partial charge in [0.05, 0.1) is 15.9 Å². The molecule has 1 aromatic carbocycles. The van der Waals surface area contributed by atoms with Crippen molar-refractivity contribution in [3.05, 3.63) is 45.3 Å². The third kappa shape index (κ3) is 2.56. The molecule has 4 rings (SSSR count). The first-order valence-corrected chi connectivity index (χ1v) is 8.98. The number of hydrogen-bond donors (Lipinski definition) is 1. The first-order chi connectivity index (χ1) is 11.5. The molecule has 5 nitrogen and oxygen atoms in total. The van der Waals surface area contributed by atoms with E-state index in [0.717, 1.165) is 36.4 Å². The molecule has 24 heavy (non-hydrogen) atoms. The third-order valence-electron chi connectivity index (χ3n) is 4.32. The highest BCUT2D eigenvalue weighted by atomic mass is 35.5. The number of hydrogen-bond acceptors (Lipinski definition) is 5. The van der Waals surface area contributed by atoms with Crippen LogP contribution in [0.2, 0.25) is 5.02 Å². The number of thiazole rings is 1. The Labute approximate surface area is 147 Å². The van der Waals surface area contributed by atoms with Crippen LogP contribution in [0.5, 0.6) is 5.88 Å². The molecule has 1 fully saturated rings. The Hall–Kier alpha value is -1.70. The van der Waals surface area contributed by atoms with Crippen molar-refractivity contribution in [3.63, 3.8) is 0 Å². The van der Waals surface area contributed by atoms with E-state index in [2.05, 4.69) is 15.0 Å². The fourth-order valence-corrected chi connectivity index (χ4v) is 4.59. The van der Waals surface area contributed by atoms with Gasteiger partial charge in [0, 0.05) is 0 Å². The molecule has 1 N–H and O–H groups in total. The number of fused-ring (bicyclic) bond motifs is 1. The standard InChI is InChI=1S/C16H16ClFN4OS/c1-9-19-16-22(20-9)15(23)14(24-16)13(21-6-2-3-7-21)10-4-5-12(18)11(17)8-10/h4-5,8,13,23H,2-3,6-7H2,1H3/t13-/m1/s1. The molecular formula is C16H16ClFN4OS. The van der Waals surface area contributed by atoms with Gasteiger partial charge in [-0.2, -0.15) is 4.52 Å². The van der Waals surface area contributed by atoms with Crippen LogP contribution in [-0.2, 0) is 0 Å². The zero-order chi connectivity index (χ0) is 16.8. The van der Waals surface area contributed by atoms with E-state index in [1.807, 2.05) is 0 Å². The minimum absolute atomic E-state index is 0.0893. The summed E-state index contributed by atoms with van der Waals surface area (Å²) in [7, 11) is 0. The number of halogens is 2. The maximum absolute atomic E-state index is 13.6. The Balaban J connectivity index is 1.86. The maximum Gasteiger partial charge on any atom is 0.230 e. The molecule has 2 aromatic heterocycles. The van der Waals surface area contributed by atoms with Gasteiger partial charge >= 0.3 is 0 Å². The summed E-state index contributed by atoms with van der Waals surface area (Å²) in [6.45, 7) is 3.63. The summed E-state index contributed by atoms with van der Waals surface area (Å²) in [6.07, 6.45) is 2.21. The highest BCUT2D eigenvalue weighted by Gasteiger charge is 2.31. The molecule has 0 saturated carbocycles. The van der Waals surface area contributed by atoms with E-state index in [0.29, 0.717) is 10.8 Å². The lowest BCUT2D eigenvalue weighted by Gasteiger charge is -2.27. The van der Waals surface area contributed by atoms with E-state index in [-0.39, 0.29) is 16.9 Å². The normalized spacial score (nSPS) is 17.0. The van der Waals surface area contributed by atoms with Gasteiger partial charge in [-0.25, -0.2) is 9.37 Å². The highest BCUT2D eigenvalue weighted by Crippen LogP contribution is 2.41. The Kier molecular flexibility index (Phi) is 3.94. The summed E-state index contributed by atoms with van der Waals surface area (Å²) in [4.78, 5) is 8.02. The van der Waals surface area contributed by atoms with Crippen molar-refractivity contribution >= 4 is 27.9 Å². The summed E-state index contributed by atoms with van der Waals surface area (Å²) in [5, 5.41) is 15.0. The van der Waals surface area contributed by atoms with Gasteiger partial charge in [0.2, 0.25) is 10.8 Å². The van der Waals surface area contributed by atoms with Gasteiger partial charge in [0.25, 0.3) is 0 Å². The molecule has 1 saturated heterocycles. The molecule has 3 heterocycles. The second kappa shape index (κ2) is 5.98. The number of nitrogens with zero attached hydrogens (tertiary/aromatic N) is 4. The summed E-state index contributed by atoms with van der Waals surface area (Å²) in [5.41, 5.74) is 0.861. The van der Waals surface area contributed by atoms with Crippen molar-refractivity contribution in [1.82, 2.24) is 19.5 Å². The predicted molar refractivity (Wildman–Crippen MR) is 91.3 cm³/mol. The first-order valence-electron chi connectivity index (χ1n) is 7.78. The van der Waals surface area contributed by atoms with Gasteiger partial charge in [0.1, 0.15) is 11.6 Å². The molecule has 0 bridgehead atoms. The van der Waals surface area contributed by atoms with Crippen LogP contribution in [0.1, 0.15) is 35.1 Å². The average Bonchev–Trinajstić information content (AvgIpc) is 3.24. The number of benzene rings is 1. The van der Waals surface area contributed by atoms with E-state index in [9.17, 15) is 9.50 Å². The van der Waals surface area contributed by atoms with Crippen LogP contribution in [0.25, 0.3) is 4.96 Å². The van der Waals surface area contributed by atoms with Crippen LogP contribution in [0.4, 0.5) is 4.39 Å². The molecule has 0 unspecified atom stereocenters. The Morgan fingerprint density at radius 3 is 2.75 bits per heavy atom. The van der Waals surface area contributed by atoms with Gasteiger partial charge in [-0.3, -0.25) is 4.90 Å². The number of rotatable bonds is 3. The van der Waals surface area contributed by atoms with Gasteiger partial charge in [-0.05, 0) is 50.6 Å². The van der Waals surface area contributed by atoms with Crippen LogP contribution in [0.3, 0.4) is 0 Å². The summed E-state index contributed by atoms with van der Waals surface area (Å²) >= 11 is 7.39. The third-order valence-corrected chi connectivity index (χ3v) is 5.68. The van der Waals surface area contributed by atoms with Crippen molar-refractivity contribution in [2.45, 2.75) is 25.8 Å². The van der Waals surface area contributed by atoms with Crippen LogP contribution in [-0.4, -0.2) is 37.7 Å². The van der Waals surface area contributed by atoms with Gasteiger partial charge in [-0.15, -0.1) is 5.10 Å². The van der Waals surface area contributed by atoms with Gasteiger partial charge in [-0.1, -0.05) is 29.0 Å². The van der Waals surface area contributed by atoms with E-state index in [4.69, 9.17) is 11.6 Å². The zero-order valence-electron chi connectivity index (χ0n) is 13.0. The smallest absolute Gasteiger partial charge is 0.230 e. The quantitative estimate of drug-likeness (QED) is 0.766. The first kappa shape index (κ1) is 15.8. The van der Waals surface area contributed by atoms with E-state index in [1.165, 1.54) is 21.9 Å². The highest BCUT2D eigenvalue weighted by molar-refractivity contribution is 7.17. The zero-order valence-corrected chi connectivity index (χ0v) is 14.6. The average molecular weight is 367 g/mol. The molecule has 1 aliphatic heterocycles. The number of aromatic hydroxyl groups is 1. The number of likely N-dealkylation sites (tertiary alicyclic amines) is 1. The van der Waals surface area contributed by atoms with Crippen molar-refractivity contribution < 1.29 is 9.50 Å². The van der Waals surface area contributed by atoms with Gasteiger partial charge in [0.15, 0.2) is 0 Å². The largest absolute Gasteiger partial charge is 0.492 e. The van der Waals surface area contributed by atoms with E-state index < -0.39 is 5.82 Å². The molecule has 1 atom stereocenters.